The highest BCUT2D eigenvalue weighted by molar-refractivity contribution is 5.90. The van der Waals surface area contributed by atoms with E-state index in [0.717, 1.165) is 0 Å². The molecule has 0 aromatic heterocycles. The molecule has 0 radical (unpaired) electrons. The number of hydrogen-bond donors (Lipinski definition) is 4. The molecule has 0 aliphatic heterocycles. The standard InChI is InChI=1S/C17H20N4O2/c1-13(19-17(23)21-15-10-6-3-7-11-15)12-18-16(22)20-14-8-4-2-5-9-14/h2-11,13H,12H2,1H3,(H2,18,20,22)(H2,19,21,23)/t13-/m0/s1. The minimum atomic E-state index is -0.312. The van der Waals surface area contributed by atoms with E-state index >= 15 is 0 Å². The van der Waals surface area contributed by atoms with Crippen molar-refractivity contribution in [1.82, 2.24) is 10.6 Å². The number of urea groups is 2. The molecule has 4 amide bonds. The van der Waals surface area contributed by atoms with Gasteiger partial charge in [-0.1, -0.05) is 36.4 Å². The number of amides is 4. The highest BCUT2D eigenvalue weighted by atomic mass is 16.2. The van der Waals surface area contributed by atoms with Crippen molar-refractivity contribution in [1.29, 1.82) is 0 Å². The van der Waals surface area contributed by atoms with Crippen LogP contribution in [0.3, 0.4) is 0 Å². The largest absolute Gasteiger partial charge is 0.336 e. The van der Waals surface area contributed by atoms with Crippen LogP contribution in [0, 0.1) is 0 Å². The van der Waals surface area contributed by atoms with Gasteiger partial charge in [-0.2, -0.15) is 0 Å². The molecule has 23 heavy (non-hydrogen) atoms. The first-order valence-electron chi connectivity index (χ1n) is 7.36. The molecule has 120 valence electrons. The van der Waals surface area contributed by atoms with Gasteiger partial charge in [0.25, 0.3) is 0 Å². The molecular formula is C17H20N4O2. The van der Waals surface area contributed by atoms with Crippen LogP contribution < -0.4 is 21.3 Å². The minimum absolute atomic E-state index is 0.208. The second-order valence-corrected chi connectivity index (χ2v) is 5.07. The van der Waals surface area contributed by atoms with Crippen LogP contribution in [0.15, 0.2) is 60.7 Å². The molecule has 0 aliphatic rings. The number of carbonyl (C=O) groups is 2. The predicted molar refractivity (Wildman–Crippen MR) is 91.5 cm³/mol. The van der Waals surface area contributed by atoms with Gasteiger partial charge in [0.15, 0.2) is 0 Å². The maximum absolute atomic E-state index is 11.8. The van der Waals surface area contributed by atoms with Crippen molar-refractivity contribution < 1.29 is 9.59 Å². The van der Waals surface area contributed by atoms with Crippen molar-refractivity contribution >= 4 is 23.4 Å². The third-order valence-electron chi connectivity index (χ3n) is 3.01. The highest BCUT2D eigenvalue weighted by Crippen LogP contribution is 2.05. The van der Waals surface area contributed by atoms with E-state index in [1.807, 2.05) is 43.3 Å². The van der Waals surface area contributed by atoms with Crippen molar-refractivity contribution in [3.8, 4) is 0 Å². The Kier molecular flexibility index (Phi) is 5.99. The summed E-state index contributed by atoms with van der Waals surface area (Å²) in [6.07, 6.45) is 0. The summed E-state index contributed by atoms with van der Waals surface area (Å²) in [7, 11) is 0. The van der Waals surface area contributed by atoms with Crippen LogP contribution in [0.25, 0.3) is 0 Å². The average molecular weight is 312 g/mol. The smallest absolute Gasteiger partial charge is 0.319 e. The van der Waals surface area contributed by atoms with Gasteiger partial charge in [0.1, 0.15) is 0 Å². The van der Waals surface area contributed by atoms with Gasteiger partial charge in [-0.15, -0.1) is 0 Å². The molecule has 0 bridgehead atoms. The lowest BCUT2D eigenvalue weighted by molar-refractivity contribution is 0.244. The van der Waals surface area contributed by atoms with Gasteiger partial charge in [-0.25, -0.2) is 9.59 Å². The zero-order valence-corrected chi connectivity index (χ0v) is 12.9. The molecule has 4 N–H and O–H groups in total. The Morgan fingerprint density at radius 3 is 1.83 bits per heavy atom. The quantitative estimate of drug-likeness (QED) is 0.684. The number of para-hydroxylation sites is 2. The fourth-order valence-corrected chi connectivity index (χ4v) is 1.91. The van der Waals surface area contributed by atoms with E-state index in [4.69, 9.17) is 0 Å². The number of nitrogens with one attached hydrogen (secondary N) is 4. The second kappa shape index (κ2) is 8.43. The summed E-state index contributed by atoms with van der Waals surface area (Å²) in [6.45, 7) is 2.13. The van der Waals surface area contributed by atoms with E-state index in [-0.39, 0.29) is 18.1 Å². The molecule has 0 aliphatic carbocycles. The van der Waals surface area contributed by atoms with Crippen molar-refractivity contribution in [2.45, 2.75) is 13.0 Å². The van der Waals surface area contributed by atoms with Crippen molar-refractivity contribution in [3.63, 3.8) is 0 Å². The first-order valence-corrected chi connectivity index (χ1v) is 7.36. The van der Waals surface area contributed by atoms with Crippen LogP contribution >= 0.6 is 0 Å². The second-order valence-electron chi connectivity index (χ2n) is 5.07. The zero-order chi connectivity index (χ0) is 16.5. The number of anilines is 2. The topological polar surface area (TPSA) is 82.3 Å². The normalized spacial score (nSPS) is 11.2. The monoisotopic (exact) mass is 312 g/mol. The van der Waals surface area contributed by atoms with Gasteiger partial charge in [0.05, 0.1) is 0 Å². The van der Waals surface area contributed by atoms with Crippen LogP contribution in [0.4, 0.5) is 21.0 Å². The summed E-state index contributed by atoms with van der Waals surface area (Å²) in [4.78, 5) is 23.6. The Hall–Kier alpha value is -3.02. The highest BCUT2D eigenvalue weighted by Gasteiger charge is 2.09. The number of benzene rings is 2. The lowest BCUT2D eigenvalue weighted by atomic mass is 10.3. The first kappa shape index (κ1) is 16.4. The average Bonchev–Trinajstić information content (AvgIpc) is 2.55. The van der Waals surface area contributed by atoms with E-state index < -0.39 is 0 Å². The molecule has 0 saturated heterocycles. The molecule has 2 rings (SSSR count). The fraction of sp³-hybridized carbons (Fsp3) is 0.176. The molecule has 0 heterocycles. The maximum Gasteiger partial charge on any atom is 0.319 e. The molecule has 0 fully saturated rings. The van der Waals surface area contributed by atoms with Gasteiger partial charge < -0.3 is 21.3 Å². The van der Waals surface area contributed by atoms with Gasteiger partial charge in [0, 0.05) is 24.0 Å². The Balaban J connectivity index is 1.69. The molecule has 6 nitrogen and oxygen atoms in total. The molecule has 2 aromatic carbocycles. The van der Waals surface area contributed by atoms with Crippen LogP contribution in [-0.2, 0) is 0 Å². The molecule has 0 spiro atoms. The summed E-state index contributed by atoms with van der Waals surface area (Å²) >= 11 is 0. The number of hydrogen-bond acceptors (Lipinski definition) is 2. The van der Waals surface area contributed by atoms with Crippen molar-refractivity contribution in [3.05, 3.63) is 60.7 Å². The first-order chi connectivity index (χ1) is 11.1. The SMILES string of the molecule is C[C@@H](CNC(=O)Nc1ccccc1)NC(=O)Nc1ccccc1. The van der Waals surface area contributed by atoms with Crippen molar-refractivity contribution in [2.24, 2.45) is 0 Å². The van der Waals surface area contributed by atoms with Gasteiger partial charge in [-0.3, -0.25) is 0 Å². The Morgan fingerprint density at radius 2 is 1.30 bits per heavy atom. The lowest BCUT2D eigenvalue weighted by Crippen LogP contribution is -2.44. The third-order valence-corrected chi connectivity index (χ3v) is 3.01. The molecule has 1 atom stereocenters. The number of rotatable bonds is 5. The fourth-order valence-electron chi connectivity index (χ4n) is 1.91. The van der Waals surface area contributed by atoms with E-state index in [2.05, 4.69) is 21.3 Å². The molecule has 0 saturated carbocycles. The van der Waals surface area contributed by atoms with Crippen LogP contribution in [-0.4, -0.2) is 24.6 Å². The Morgan fingerprint density at radius 1 is 0.826 bits per heavy atom. The van der Waals surface area contributed by atoms with Crippen LogP contribution in [0.2, 0.25) is 0 Å². The van der Waals surface area contributed by atoms with Gasteiger partial charge in [-0.05, 0) is 31.2 Å². The molecule has 2 aromatic rings. The maximum atomic E-state index is 11.8. The summed E-state index contributed by atoms with van der Waals surface area (Å²) in [6, 6.07) is 17.5. The summed E-state index contributed by atoms with van der Waals surface area (Å²) in [5.74, 6) is 0. The summed E-state index contributed by atoms with van der Waals surface area (Å²) in [5.41, 5.74) is 1.43. The van der Waals surface area contributed by atoms with E-state index in [9.17, 15) is 9.59 Å². The molecule has 6 heteroatoms. The number of carbonyl (C=O) groups excluding carboxylic acids is 2. The van der Waals surface area contributed by atoms with E-state index in [1.165, 1.54) is 0 Å². The summed E-state index contributed by atoms with van der Waals surface area (Å²) in [5, 5.41) is 10.9. The minimum Gasteiger partial charge on any atom is -0.336 e. The zero-order valence-electron chi connectivity index (χ0n) is 12.9. The van der Waals surface area contributed by atoms with Gasteiger partial charge >= 0.3 is 12.1 Å². The molecular weight excluding hydrogens is 292 g/mol. The predicted octanol–water partition coefficient (Wildman–Crippen LogP) is 3.02. The van der Waals surface area contributed by atoms with Crippen molar-refractivity contribution in [2.75, 3.05) is 17.2 Å². The van der Waals surface area contributed by atoms with Crippen LogP contribution in [0.1, 0.15) is 6.92 Å². The Labute approximate surface area is 135 Å². The molecule has 0 unspecified atom stereocenters. The lowest BCUT2D eigenvalue weighted by Gasteiger charge is -2.16. The third kappa shape index (κ3) is 6.09. The van der Waals surface area contributed by atoms with Gasteiger partial charge in [0.2, 0.25) is 0 Å². The van der Waals surface area contributed by atoms with E-state index in [0.29, 0.717) is 17.9 Å². The van der Waals surface area contributed by atoms with E-state index in [1.54, 1.807) is 24.3 Å². The van der Waals surface area contributed by atoms with Crippen LogP contribution in [0.5, 0.6) is 0 Å². The summed E-state index contributed by atoms with van der Waals surface area (Å²) < 4.78 is 0. The Bertz CT molecular complexity index is 632.